The lowest BCUT2D eigenvalue weighted by Crippen LogP contribution is -2.60. The van der Waals surface area contributed by atoms with E-state index in [2.05, 4.69) is 34.6 Å². The maximum absolute atomic E-state index is 13.1. The van der Waals surface area contributed by atoms with E-state index in [4.69, 9.17) is 14.2 Å². The number of hydrogen-bond acceptors (Lipinski definition) is 6. The summed E-state index contributed by atoms with van der Waals surface area (Å²) < 4.78 is 18.4. The Morgan fingerprint density at radius 1 is 0.976 bits per heavy atom. The third-order valence-electron chi connectivity index (χ3n) is 15.0. The lowest BCUT2D eigenvalue weighted by atomic mass is 9.41. The number of aliphatic hydroxyl groups is 1. The molecule has 7 fully saturated rings. The molecule has 42 heavy (non-hydrogen) atoms. The SMILES string of the molecule is C[C@@H]1C[C@H](CCC(=O)O)O[C@H]2C1[C@@]1(C)CC[C@@]34CC35CCC(OC(=O)N3CCOCC3)C(C)(C)[C@@H]5CC[C@H]4[C@]1(C)[C@H]2O. The van der Waals surface area contributed by atoms with Crippen LogP contribution in [0.1, 0.15) is 98.8 Å². The Balaban J connectivity index is 1.13. The quantitative estimate of drug-likeness (QED) is 0.447. The average molecular weight is 588 g/mol. The monoisotopic (exact) mass is 587 g/mol. The molecule has 2 heterocycles. The van der Waals surface area contributed by atoms with Gasteiger partial charge in [0.1, 0.15) is 6.10 Å². The number of aliphatic carboxylic acids is 1. The maximum Gasteiger partial charge on any atom is 0.410 e. The summed E-state index contributed by atoms with van der Waals surface area (Å²) in [5.41, 5.74) is 0.209. The fraction of sp³-hybridized carbons (Fsp3) is 0.941. The molecule has 0 bridgehead atoms. The minimum atomic E-state index is -0.779. The summed E-state index contributed by atoms with van der Waals surface area (Å²) in [5, 5.41) is 21.6. The number of hydrogen-bond donors (Lipinski definition) is 2. The number of nitrogens with zero attached hydrogens (tertiary/aromatic N) is 1. The van der Waals surface area contributed by atoms with Crippen LogP contribution in [0.15, 0.2) is 0 Å². The first-order chi connectivity index (χ1) is 19.8. The van der Waals surface area contributed by atoms with Gasteiger partial charge in [-0.1, -0.05) is 34.6 Å². The van der Waals surface area contributed by atoms with Crippen molar-refractivity contribution in [2.75, 3.05) is 26.3 Å². The molecule has 236 valence electrons. The molecular weight excluding hydrogens is 534 g/mol. The summed E-state index contributed by atoms with van der Waals surface area (Å²) in [7, 11) is 0. The van der Waals surface area contributed by atoms with Gasteiger partial charge >= 0.3 is 12.1 Å². The van der Waals surface area contributed by atoms with Crippen LogP contribution in [-0.4, -0.2) is 77.9 Å². The number of ether oxygens (including phenoxy) is 3. The van der Waals surface area contributed by atoms with Crippen molar-refractivity contribution < 1.29 is 34.0 Å². The number of carboxylic acids is 1. The van der Waals surface area contributed by atoms with Crippen molar-refractivity contribution in [1.29, 1.82) is 0 Å². The van der Waals surface area contributed by atoms with Gasteiger partial charge in [-0.05, 0) is 97.7 Å². The second kappa shape index (κ2) is 9.56. The Labute approximate surface area is 251 Å². The van der Waals surface area contributed by atoms with Gasteiger partial charge in [-0.25, -0.2) is 4.79 Å². The van der Waals surface area contributed by atoms with Crippen molar-refractivity contribution in [3.63, 3.8) is 0 Å². The molecule has 0 aromatic carbocycles. The van der Waals surface area contributed by atoms with E-state index in [-0.39, 0.29) is 57.9 Å². The van der Waals surface area contributed by atoms with Crippen LogP contribution in [0, 0.1) is 50.7 Å². The van der Waals surface area contributed by atoms with Crippen LogP contribution < -0.4 is 0 Å². The van der Waals surface area contributed by atoms with Gasteiger partial charge in [0.15, 0.2) is 0 Å². The number of morpholine rings is 1. The molecule has 5 aliphatic carbocycles. The Morgan fingerprint density at radius 3 is 2.38 bits per heavy atom. The van der Waals surface area contributed by atoms with E-state index in [1.165, 1.54) is 12.8 Å². The molecule has 0 aromatic rings. The van der Waals surface area contributed by atoms with E-state index in [9.17, 15) is 19.8 Å². The fourth-order valence-corrected chi connectivity index (χ4v) is 13.0. The van der Waals surface area contributed by atoms with E-state index in [1.807, 2.05) is 0 Å². The van der Waals surface area contributed by atoms with Crippen molar-refractivity contribution in [3.05, 3.63) is 0 Å². The summed E-state index contributed by atoms with van der Waals surface area (Å²) in [6, 6.07) is 0. The van der Waals surface area contributed by atoms with E-state index >= 15 is 0 Å². The second-order valence-corrected chi connectivity index (χ2v) is 16.5. The van der Waals surface area contributed by atoms with Crippen molar-refractivity contribution >= 4 is 12.1 Å². The van der Waals surface area contributed by atoms with E-state index in [0.29, 0.717) is 56.4 Å². The van der Waals surface area contributed by atoms with Gasteiger partial charge in [0.05, 0.1) is 31.5 Å². The fourth-order valence-electron chi connectivity index (χ4n) is 13.0. The van der Waals surface area contributed by atoms with Crippen molar-refractivity contribution in [2.45, 2.75) is 123 Å². The standard InChI is InChI=1S/C34H53NO7/c1-20-18-21(6-9-25(36)37)41-27-26(20)31(4)12-13-34-19-33(34)11-10-24(42-29(39)35-14-16-40-17-15-35)30(2,3)22(33)7-8-23(34)32(31,5)28(27)38/h20-24,26-28,38H,6-19H2,1-5H3,(H,36,37)/t20-,21+,22+,23+,24?,26?,27+,28+,31-,32-,33?,34+/m1/s1. The molecule has 1 amide bonds. The molecule has 0 aromatic heterocycles. The third-order valence-corrected chi connectivity index (χ3v) is 15.0. The van der Waals surface area contributed by atoms with Gasteiger partial charge in [0.2, 0.25) is 0 Å². The average Bonchev–Trinajstić information content (AvgIpc) is 3.58. The van der Waals surface area contributed by atoms with Gasteiger partial charge in [-0.2, -0.15) is 0 Å². The minimum Gasteiger partial charge on any atom is -0.481 e. The molecule has 7 aliphatic rings. The number of fused-ring (bicyclic) bond motifs is 4. The number of carbonyl (C=O) groups is 2. The molecule has 8 nitrogen and oxygen atoms in total. The van der Waals surface area contributed by atoms with Crippen LogP contribution in [0.3, 0.4) is 0 Å². The minimum absolute atomic E-state index is 0.00120. The summed E-state index contributed by atoms with van der Waals surface area (Å²) in [4.78, 5) is 26.2. The zero-order valence-corrected chi connectivity index (χ0v) is 26.4. The number of rotatable bonds is 4. The lowest BCUT2D eigenvalue weighted by molar-refractivity contribution is -0.183. The Hall–Kier alpha value is -1.38. The molecule has 2 spiro atoms. The first-order valence-electron chi connectivity index (χ1n) is 16.9. The Kier molecular flexibility index (Phi) is 6.68. The molecule has 7 rings (SSSR count). The normalized spacial score (nSPS) is 52.2. The predicted octanol–water partition coefficient (Wildman–Crippen LogP) is 5.50. The molecule has 0 radical (unpaired) electrons. The van der Waals surface area contributed by atoms with Crippen molar-refractivity contribution in [3.8, 4) is 0 Å². The van der Waals surface area contributed by atoms with E-state index in [1.54, 1.807) is 4.90 Å². The molecule has 5 saturated carbocycles. The summed E-state index contributed by atoms with van der Waals surface area (Å²) >= 11 is 0. The van der Waals surface area contributed by atoms with Gasteiger partial charge in [0, 0.05) is 30.3 Å². The lowest BCUT2D eigenvalue weighted by Gasteiger charge is -2.63. The zero-order chi connectivity index (χ0) is 29.9. The summed E-state index contributed by atoms with van der Waals surface area (Å²) in [6.45, 7) is 14.2. The van der Waals surface area contributed by atoms with Crippen molar-refractivity contribution in [2.24, 2.45) is 50.7 Å². The molecule has 2 aliphatic heterocycles. The highest BCUT2D eigenvalue weighted by molar-refractivity contribution is 5.68. The molecule has 3 unspecified atom stereocenters. The van der Waals surface area contributed by atoms with Gasteiger partial charge < -0.3 is 29.3 Å². The summed E-state index contributed by atoms with van der Waals surface area (Å²) in [6.07, 6.45) is 8.29. The number of amides is 1. The third kappa shape index (κ3) is 3.70. The molecule has 2 saturated heterocycles. The molecule has 8 heteroatoms. The van der Waals surface area contributed by atoms with Gasteiger partial charge in [-0.3, -0.25) is 4.79 Å². The van der Waals surface area contributed by atoms with Crippen LogP contribution in [0.4, 0.5) is 4.79 Å². The van der Waals surface area contributed by atoms with Crippen LogP contribution in [0.5, 0.6) is 0 Å². The van der Waals surface area contributed by atoms with Crippen LogP contribution in [0.25, 0.3) is 0 Å². The first-order valence-corrected chi connectivity index (χ1v) is 16.9. The number of carboxylic acid groups (broad SMARTS) is 1. The second-order valence-electron chi connectivity index (χ2n) is 16.5. The molecular formula is C34H53NO7. The molecule has 2 N–H and O–H groups in total. The Morgan fingerprint density at radius 2 is 1.67 bits per heavy atom. The number of carbonyl (C=O) groups excluding carboxylic acids is 1. The van der Waals surface area contributed by atoms with Crippen LogP contribution >= 0.6 is 0 Å². The van der Waals surface area contributed by atoms with Gasteiger partial charge in [-0.15, -0.1) is 0 Å². The highest BCUT2D eigenvalue weighted by atomic mass is 16.6. The highest BCUT2D eigenvalue weighted by Crippen LogP contribution is 2.89. The van der Waals surface area contributed by atoms with Crippen LogP contribution in [0.2, 0.25) is 0 Å². The first kappa shape index (κ1) is 29.3. The van der Waals surface area contributed by atoms with Gasteiger partial charge in [0.25, 0.3) is 0 Å². The topological polar surface area (TPSA) is 106 Å². The zero-order valence-electron chi connectivity index (χ0n) is 26.4. The van der Waals surface area contributed by atoms with Crippen molar-refractivity contribution in [1.82, 2.24) is 4.90 Å². The predicted molar refractivity (Wildman–Crippen MR) is 156 cm³/mol. The number of aliphatic hydroxyl groups excluding tert-OH is 1. The Bertz CT molecular complexity index is 1120. The van der Waals surface area contributed by atoms with Crippen LogP contribution in [-0.2, 0) is 19.0 Å². The maximum atomic E-state index is 13.1. The van der Waals surface area contributed by atoms with E-state index < -0.39 is 12.1 Å². The summed E-state index contributed by atoms with van der Waals surface area (Å²) in [5.74, 6) is 0.895. The van der Waals surface area contributed by atoms with E-state index in [0.717, 1.165) is 38.5 Å². The molecule has 12 atom stereocenters. The highest BCUT2D eigenvalue weighted by Gasteiger charge is 2.84. The largest absolute Gasteiger partial charge is 0.481 e. The smallest absolute Gasteiger partial charge is 0.410 e.